The van der Waals surface area contributed by atoms with Crippen LogP contribution in [0.5, 0.6) is 0 Å². The molecule has 0 bridgehead atoms. The number of hydrogen-bond acceptors (Lipinski definition) is 4. The minimum Gasteiger partial charge on any atom is -0.326 e. The first-order valence-electron chi connectivity index (χ1n) is 6.09. The van der Waals surface area contributed by atoms with Crippen molar-refractivity contribution in [1.82, 2.24) is 9.78 Å². The highest BCUT2D eigenvalue weighted by Gasteiger charge is 2.16. The summed E-state index contributed by atoms with van der Waals surface area (Å²) in [5.74, 6) is -0.159. The molecule has 0 spiro atoms. The smallest absolute Gasteiger partial charge is 0.309 e. The Morgan fingerprint density at radius 3 is 2.70 bits per heavy atom. The van der Waals surface area contributed by atoms with E-state index in [0.717, 1.165) is 5.69 Å². The van der Waals surface area contributed by atoms with E-state index in [1.807, 2.05) is 18.2 Å². The van der Waals surface area contributed by atoms with E-state index in [1.165, 1.54) is 10.9 Å². The zero-order chi connectivity index (χ0) is 14.5. The van der Waals surface area contributed by atoms with E-state index in [0.29, 0.717) is 12.2 Å². The van der Waals surface area contributed by atoms with Crippen molar-refractivity contribution in [3.63, 3.8) is 0 Å². The molecule has 0 aliphatic carbocycles. The molecule has 7 nitrogen and oxygen atoms in total. The number of nitrogens with zero attached hydrogens (tertiary/aromatic N) is 3. The topological polar surface area (TPSA) is 90.1 Å². The highest BCUT2D eigenvalue weighted by Crippen LogP contribution is 2.16. The normalized spacial score (nSPS) is 10.2. The van der Waals surface area contributed by atoms with Gasteiger partial charge in [0.25, 0.3) is 0 Å². The number of anilines is 1. The molecule has 2 aromatic rings. The summed E-state index contributed by atoms with van der Waals surface area (Å²) in [7, 11) is 0. The van der Waals surface area contributed by atoms with Crippen LogP contribution >= 0.6 is 0 Å². The molecule has 0 radical (unpaired) electrons. The maximum absolute atomic E-state index is 11.8. The average molecular weight is 274 g/mol. The van der Waals surface area contributed by atoms with E-state index in [2.05, 4.69) is 10.4 Å². The predicted octanol–water partition coefficient (Wildman–Crippen LogP) is 2.13. The molecule has 1 heterocycles. The molecule has 104 valence electrons. The van der Waals surface area contributed by atoms with Crippen LogP contribution in [-0.4, -0.2) is 20.6 Å². The van der Waals surface area contributed by atoms with Gasteiger partial charge in [0, 0.05) is 12.1 Å². The standard InChI is InChI=1S/C13H14N4O3/c1-10-12(17(19)20)9-14-16(10)8-7-13(18)15-11-5-3-2-4-6-11/h2-6,9H,7-8H2,1H3,(H,15,18). The summed E-state index contributed by atoms with van der Waals surface area (Å²) in [6, 6.07) is 9.11. The summed E-state index contributed by atoms with van der Waals surface area (Å²) in [5, 5.41) is 17.3. The fourth-order valence-corrected chi connectivity index (χ4v) is 1.79. The molecule has 0 aliphatic heterocycles. The van der Waals surface area contributed by atoms with Gasteiger partial charge in [-0.3, -0.25) is 19.6 Å². The Morgan fingerprint density at radius 2 is 2.10 bits per heavy atom. The number of aryl methyl sites for hydroxylation is 1. The number of hydrogen-bond donors (Lipinski definition) is 1. The molecule has 0 saturated heterocycles. The van der Waals surface area contributed by atoms with Gasteiger partial charge in [0.05, 0.1) is 11.5 Å². The van der Waals surface area contributed by atoms with Gasteiger partial charge in [0.2, 0.25) is 5.91 Å². The Morgan fingerprint density at radius 1 is 1.40 bits per heavy atom. The molecule has 7 heteroatoms. The van der Waals surface area contributed by atoms with Crippen LogP contribution < -0.4 is 5.32 Å². The van der Waals surface area contributed by atoms with Crippen LogP contribution in [0, 0.1) is 17.0 Å². The van der Waals surface area contributed by atoms with Crippen LogP contribution in [0.25, 0.3) is 0 Å². The van der Waals surface area contributed by atoms with Crippen molar-refractivity contribution in [1.29, 1.82) is 0 Å². The number of benzene rings is 1. The lowest BCUT2D eigenvalue weighted by molar-refractivity contribution is -0.385. The second-order valence-corrected chi connectivity index (χ2v) is 4.26. The van der Waals surface area contributed by atoms with Gasteiger partial charge < -0.3 is 5.32 Å². The third-order valence-corrected chi connectivity index (χ3v) is 2.88. The molecule has 1 aromatic heterocycles. The monoisotopic (exact) mass is 274 g/mol. The molecule has 0 unspecified atom stereocenters. The van der Waals surface area contributed by atoms with E-state index >= 15 is 0 Å². The minimum atomic E-state index is -0.483. The molecule has 0 atom stereocenters. The quantitative estimate of drug-likeness (QED) is 0.668. The molecule has 20 heavy (non-hydrogen) atoms. The van der Waals surface area contributed by atoms with Crippen LogP contribution in [0.4, 0.5) is 11.4 Å². The van der Waals surface area contributed by atoms with Gasteiger partial charge in [-0.25, -0.2) is 0 Å². The largest absolute Gasteiger partial charge is 0.326 e. The molecule has 1 N–H and O–H groups in total. The number of carbonyl (C=O) groups excluding carboxylic acids is 1. The van der Waals surface area contributed by atoms with Gasteiger partial charge in [-0.1, -0.05) is 18.2 Å². The van der Waals surface area contributed by atoms with Gasteiger partial charge in [0.1, 0.15) is 11.9 Å². The second kappa shape index (κ2) is 5.96. The van der Waals surface area contributed by atoms with Gasteiger partial charge in [-0.2, -0.15) is 5.10 Å². The molecule has 0 saturated carbocycles. The van der Waals surface area contributed by atoms with Crippen LogP contribution in [0.3, 0.4) is 0 Å². The van der Waals surface area contributed by atoms with Crippen molar-refractivity contribution < 1.29 is 9.72 Å². The number of rotatable bonds is 5. The lowest BCUT2D eigenvalue weighted by Crippen LogP contribution is -2.15. The van der Waals surface area contributed by atoms with Gasteiger partial charge in [-0.05, 0) is 19.1 Å². The van der Waals surface area contributed by atoms with E-state index in [4.69, 9.17) is 0 Å². The van der Waals surface area contributed by atoms with E-state index in [1.54, 1.807) is 19.1 Å². The zero-order valence-corrected chi connectivity index (χ0v) is 10.9. The third-order valence-electron chi connectivity index (χ3n) is 2.88. The third kappa shape index (κ3) is 3.19. The minimum absolute atomic E-state index is 0.0338. The summed E-state index contributed by atoms with van der Waals surface area (Å²) in [4.78, 5) is 22.0. The Kier molecular flexibility index (Phi) is 4.09. The van der Waals surface area contributed by atoms with E-state index in [9.17, 15) is 14.9 Å². The maximum atomic E-state index is 11.8. The number of para-hydroxylation sites is 1. The molecular weight excluding hydrogens is 260 g/mol. The predicted molar refractivity (Wildman–Crippen MR) is 73.3 cm³/mol. The fourth-order valence-electron chi connectivity index (χ4n) is 1.79. The first-order valence-corrected chi connectivity index (χ1v) is 6.09. The van der Waals surface area contributed by atoms with Crippen molar-refractivity contribution in [3.05, 3.63) is 52.3 Å². The van der Waals surface area contributed by atoms with Crippen molar-refractivity contribution in [2.75, 3.05) is 5.32 Å². The van der Waals surface area contributed by atoms with Crippen LogP contribution in [0.1, 0.15) is 12.1 Å². The molecule has 1 amide bonds. The van der Waals surface area contributed by atoms with Crippen LogP contribution in [0.15, 0.2) is 36.5 Å². The van der Waals surface area contributed by atoms with E-state index < -0.39 is 4.92 Å². The molecule has 1 aromatic carbocycles. The molecule has 0 aliphatic rings. The fraction of sp³-hybridized carbons (Fsp3) is 0.231. The lowest BCUT2D eigenvalue weighted by atomic mass is 10.3. The first kappa shape index (κ1) is 13.7. The Bertz CT molecular complexity index is 622. The summed E-state index contributed by atoms with van der Waals surface area (Å²) in [5.41, 5.74) is 1.14. The number of aromatic nitrogens is 2. The van der Waals surface area contributed by atoms with Gasteiger partial charge >= 0.3 is 5.69 Å². The molecule has 2 rings (SSSR count). The van der Waals surface area contributed by atoms with Crippen molar-refractivity contribution in [3.8, 4) is 0 Å². The number of amides is 1. The summed E-state index contributed by atoms with van der Waals surface area (Å²) < 4.78 is 1.46. The molecule has 0 fully saturated rings. The Labute approximate surface area is 115 Å². The number of carbonyl (C=O) groups is 1. The van der Waals surface area contributed by atoms with Crippen LogP contribution in [0.2, 0.25) is 0 Å². The van der Waals surface area contributed by atoms with Crippen molar-refractivity contribution in [2.45, 2.75) is 19.9 Å². The average Bonchev–Trinajstić information content (AvgIpc) is 2.79. The Hall–Kier alpha value is -2.70. The van der Waals surface area contributed by atoms with Crippen molar-refractivity contribution >= 4 is 17.3 Å². The van der Waals surface area contributed by atoms with Crippen LogP contribution in [-0.2, 0) is 11.3 Å². The maximum Gasteiger partial charge on any atom is 0.309 e. The van der Waals surface area contributed by atoms with Gasteiger partial charge in [0.15, 0.2) is 0 Å². The SMILES string of the molecule is Cc1c([N+](=O)[O-])cnn1CCC(=O)Nc1ccccc1. The summed E-state index contributed by atoms with van der Waals surface area (Å²) in [6.07, 6.45) is 1.40. The first-order chi connectivity index (χ1) is 9.58. The number of nitrogens with one attached hydrogen (secondary N) is 1. The second-order valence-electron chi connectivity index (χ2n) is 4.26. The number of nitro groups is 1. The van der Waals surface area contributed by atoms with E-state index in [-0.39, 0.29) is 18.0 Å². The van der Waals surface area contributed by atoms with Gasteiger partial charge in [-0.15, -0.1) is 0 Å². The Balaban J connectivity index is 1.92. The lowest BCUT2D eigenvalue weighted by Gasteiger charge is -2.06. The zero-order valence-electron chi connectivity index (χ0n) is 10.9. The summed E-state index contributed by atoms with van der Waals surface area (Å²) in [6.45, 7) is 1.92. The highest BCUT2D eigenvalue weighted by atomic mass is 16.6. The molecular formula is C13H14N4O3. The van der Waals surface area contributed by atoms with Crippen molar-refractivity contribution in [2.24, 2.45) is 0 Å². The summed E-state index contributed by atoms with van der Waals surface area (Å²) >= 11 is 0. The highest BCUT2D eigenvalue weighted by molar-refractivity contribution is 5.90.